The molecule has 0 saturated heterocycles. The summed E-state index contributed by atoms with van der Waals surface area (Å²) in [6.45, 7) is 0. The monoisotopic (exact) mass is 181 g/mol. The van der Waals surface area contributed by atoms with Gasteiger partial charge in [0.1, 0.15) is 5.71 Å². The molecular weight excluding hydrogens is 175 g/mol. The van der Waals surface area contributed by atoms with Gasteiger partial charge in [-0.25, -0.2) is 0 Å². The van der Waals surface area contributed by atoms with E-state index in [4.69, 9.17) is 5.41 Å². The van der Waals surface area contributed by atoms with Crippen LogP contribution in [-0.2, 0) is 0 Å². The van der Waals surface area contributed by atoms with Crippen LogP contribution in [0.4, 0.5) is 13.2 Å². The SMILES string of the molecule is N=C(C1CC=CS1)C(F)(F)F. The summed E-state index contributed by atoms with van der Waals surface area (Å²) in [6.07, 6.45) is -2.48. The summed E-state index contributed by atoms with van der Waals surface area (Å²) in [7, 11) is 0. The number of rotatable bonds is 1. The molecular formula is C6H6F3NS. The first-order valence-electron chi connectivity index (χ1n) is 2.98. The average Bonchev–Trinajstić information content (AvgIpc) is 2.34. The van der Waals surface area contributed by atoms with E-state index in [9.17, 15) is 13.2 Å². The van der Waals surface area contributed by atoms with Crippen LogP contribution in [-0.4, -0.2) is 17.1 Å². The Balaban J connectivity index is 2.55. The molecule has 1 heterocycles. The van der Waals surface area contributed by atoms with Crippen molar-refractivity contribution >= 4 is 17.5 Å². The maximum Gasteiger partial charge on any atom is 0.429 e. The highest BCUT2D eigenvalue weighted by Crippen LogP contribution is 2.31. The standard InChI is InChI=1S/C6H6F3NS/c7-6(8,9)5(10)4-2-1-3-11-4/h1,3-4,10H,2H2. The maximum absolute atomic E-state index is 11.8. The van der Waals surface area contributed by atoms with Gasteiger partial charge in [0.15, 0.2) is 0 Å². The van der Waals surface area contributed by atoms with Crippen LogP contribution in [0.2, 0.25) is 0 Å². The molecule has 1 nitrogen and oxygen atoms in total. The molecule has 1 atom stereocenters. The van der Waals surface area contributed by atoms with Gasteiger partial charge in [0.25, 0.3) is 0 Å². The molecule has 0 radical (unpaired) electrons. The number of alkyl halides is 3. The Morgan fingerprint density at radius 3 is 2.55 bits per heavy atom. The summed E-state index contributed by atoms with van der Waals surface area (Å²) in [5, 5.41) is 7.64. The number of hydrogen-bond donors (Lipinski definition) is 1. The van der Waals surface area contributed by atoms with Crippen molar-refractivity contribution in [2.75, 3.05) is 0 Å². The highest BCUT2D eigenvalue weighted by Gasteiger charge is 2.39. The van der Waals surface area contributed by atoms with E-state index in [-0.39, 0.29) is 0 Å². The summed E-state index contributed by atoms with van der Waals surface area (Å²) in [6, 6.07) is 0. The van der Waals surface area contributed by atoms with Crippen molar-refractivity contribution < 1.29 is 13.2 Å². The predicted octanol–water partition coefficient (Wildman–Crippen LogP) is 2.59. The van der Waals surface area contributed by atoms with Crippen molar-refractivity contribution in [3.05, 3.63) is 11.5 Å². The van der Waals surface area contributed by atoms with Crippen LogP contribution in [0.1, 0.15) is 6.42 Å². The Morgan fingerprint density at radius 2 is 2.18 bits per heavy atom. The zero-order chi connectivity index (χ0) is 8.48. The quantitative estimate of drug-likeness (QED) is 0.617. The third kappa shape index (κ3) is 1.99. The summed E-state index contributed by atoms with van der Waals surface area (Å²) >= 11 is 1.05. The lowest BCUT2D eigenvalue weighted by atomic mass is 10.2. The molecule has 0 aliphatic carbocycles. The molecule has 1 aliphatic heterocycles. The van der Waals surface area contributed by atoms with E-state index in [1.54, 1.807) is 11.5 Å². The van der Waals surface area contributed by atoms with Crippen molar-refractivity contribution in [2.24, 2.45) is 0 Å². The maximum atomic E-state index is 11.8. The van der Waals surface area contributed by atoms with Crippen LogP contribution >= 0.6 is 11.8 Å². The molecule has 0 aromatic rings. The van der Waals surface area contributed by atoms with Crippen LogP contribution in [0.15, 0.2) is 11.5 Å². The minimum absolute atomic E-state index is 0.322. The van der Waals surface area contributed by atoms with Crippen molar-refractivity contribution in [1.82, 2.24) is 0 Å². The summed E-state index contributed by atoms with van der Waals surface area (Å²) in [5.74, 6) is 0. The van der Waals surface area contributed by atoms with E-state index in [1.165, 1.54) is 0 Å². The zero-order valence-electron chi connectivity index (χ0n) is 5.48. The fourth-order valence-electron chi connectivity index (χ4n) is 0.754. The van der Waals surface area contributed by atoms with Crippen LogP contribution in [0.25, 0.3) is 0 Å². The summed E-state index contributed by atoms with van der Waals surface area (Å²) in [5.41, 5.74) is -1.13. The Morgan fingerprint density at radius 1 is 1.55 bits per heavy atom. The third-order valence-electron chi connectivity index (χ3n) is 1.32. The van der Waals surface area contributed by atoms with E-state index in [2.05, 4.69) is 0 Å². The van der Waals surface area contributed by atoms with Gasteiger partial charge in [-0.1, -0.05) is 6.08 Å². The van der Waals surface area contributed by atoms with Gasteiger partial charge in [-0.15, -0.1) is 11.8 Å². The van der Waals surface area contributed by atoms with Gasteiger partial charge in [0.05, 0.1) is 5.25 Å². The number of hydrogen-bond acceptors (Lipinski definition) is 2. The van der Waals surface area contributed by atoms with Gasteiger partial charge in [-0.05, 0) is 11.8 Å². The minimum atomic E-state index is -4.45. The van der Waals surface area contributed by atoms with Crippen LogP contribution in [0, 0.1) is 5.41 Å². The predicted molar refractivity (Wildman–Crippen MR) is 38.9 cm³/mol. The van der Waals surface area contributed by atoms with Crippen LogP contribution < -0.4 is 0 Å². The molecule has 0 aromatic heterocycles. The number of allylic oxidation sites excluding steroid dienone is 1. The van der Waals surface area contributed by atoms with E-state index in [0.29, 0.717) is 6.42 Å². The second-order valence-electron chi connectivity index (χ2n) is 2.14. The smallest absolute Gasteiger partial charge is 0.300 e. The molecule has 1 rings (SSSR count). The van der Waals surface area contributed by atoms with Crippen LogP contribution in [0.3, 0.4) is 0 Å². The lowest BCUT2D eigenvalue weighted by Crippen LogP contribution is -2.30. The number of thioether (sulfide) groups is 1. The molecule has 1 unspecified atom stereocenters. The Kier molecular flexibility index (Phi) is 2.27. The summed E-state index contributed by atoms with van der Waals surface area (Å²) in [4.78, 5) is 0. The highest BCUT2D eigenvalue weighted by atomic mass is 32.2. The topological polar surface area (TPSA) is 23.9 Å². The molecule has 0 spiro atoms. The van der Waals surface area contributed by atoms with Crippen molar-refractivity contribution in [1.29, 1.82) is 5.41 Å². The Bertz CT molecular complexity index is 188. The fraction of sp³-hybridized carbons (Fsp3) is 0.500. The molecule has 62 valence electrons. The molecule has 0 amide bonds. The molecule has 1 aliphatic rings. The molecule has 11 heavy (non-hydrogen) atoms. The van der Waals surface area contributed by atoms with E-state index < -0.39 is 17.1 Å². The second kappa shape index (κ2) is 2.89. The molecule has 0 bridgehead atoms. The minimum Gasteiger partial charge on any atom is -0.300 e. The molecule has 0 saturated carbocycles. The molecule has 5 heteroatoms. The molecule has 1 N–H and O–H groups in total. The van der Waals surface area contributed by atoms with Crippen molar-refractivity contribution in [2.45, 2.75) is 17.8 Å². The first kappa shape index (κ1) is 8.64. The van der Waals surface area contributed by atoms with E-state index in [0.717, 1.165) is 11.8 Å². The lowest BCUT2D eigenvalue weighted by Gasteiger charge is -2.12. The molecule has 0 aromatic carbocycles. The first-order valence-corrected chi connectivity index (χ1v) is 3.92. The second-order valence-corrected chi connectivity index (χ2v) is 3.26. The Hall–Kier alpha value is -0.450. The van der Waals surface area contributed by atoms with Gasteiger partial charge < -0.3 is 0 Å². The van der Waals surface area contributed by atoms with Crippen molar-refractivity contribution in [3.63, 3.8) is 0 Å². The third-order valence-corrected chi connectivity index (χ3v) is 2.42. The number of nitrogens with one attached hydrogen (secondary N) is 1. The zero-order valence-corrected chi connectivity index (χ0v) is 6.30. The van der Waals surface area contributed by atoms with Gasteiger partial charge in [0, 0.05) is 0 Å². The fourth-order valence-corrected chi connectivity index (χ4v) is 1.66. The van der Waals surface area contributed by atoms with E-state index >= 15 is 0 Å². The van der Waals surface area contributed by atoms with Gasteiger partial charge in [0.2, 0.25) is 0 Å². The van der Waals surface area contributed by atoms with Gasteiger partial charge in [-0.2, -0.15) is 13.2 Å². The Labute approximate surface area is 66.2 Å². The molecule has 0 fully saturated rings. The van der Waals surface area contributed by atoms with Gasteiger partial charge in [-0.3, -0.25) is 5.41 Å². The summed E-state index contributed by atoms with van der Waals surface area (Å²) < 4.78 is 35.5. The van der Waals surface area contributed by atoms with E-state index in [1.807, 2.05) is 0 Å². The average molecular weight is 181 g/mol. The number of halogens is 3. The van der Waals surface area contributed by atoms with Crippen molar-refractivity contribution in [3.8, 4) is 0 Å². The van der Waals surface area contributed by atoms with Crippen LogP contribution in [0.5, 0.6) is 0 Å². The first-order chi connectivity index (χ1) is 5.02. The normalized spacial score (nSPS) is 24.1. The largest absolute Gasteiger partial charge is 0.429 e. The highest BCUT2D eigenvalue weighted by molar-refractivity contribution is 8.03. The van der Waals surface area contributed by atoms with Gasteiger partial charge >= 0.3 is 6.18 Å². The lowest BCUT2D eigenvalue weighted by molar-refractivity contribution is -0.0608.